The van der Waals surface area contributed by atoms with Crippen LogP contribution in [0, 0.1) is 20.8 Å². The van der Waals surface area contributed by atoms with Gasteiger partial charge in [0.25, 0.3) is 0 Å². The number of nitrogens with zero attached hydrogens (tertiary/aromatic N) is 2. The molecule has 19 heavy (non-hydrogen) atoms. The largest absolute Gasteiger partial charge is 0.373 e. The summed E-state index contributed by atoms with van der Waals surface area (Å²) in [7, 11) is 1.86. The maximum absolute atomic E-state index is 4.46. The lowest BCUT2D eigenvalue weighted by molar-refractivity contribution is 1.03. The maximum atomic E-state index is 4.46. The van der Waals surface area contributed by atoms with Crippen molar-refractivity contribution in [2.24, 2.45) is 0 Å². The van der Waals surface area contributed by atoms with Gasteiger partial charge in [0, 0.05) is 17.1 Å². The van der Waals surface area contributed by atoms with Crippen LogP contribution in [-0.4, -0.2) is 17.0 Å². The Balaban J connectivity index is 2.43. The standard InChI is InChI=1S/C14H17BrN4/c1-8-5-6-11(15)12(7-8)19-14-9(2)13(16-4)17-10(3)18-14/h5-7H,1-4H3,(H2,16,17,18,19). The molecule has 2 rings (SSSR count). The summed E-state index contributed by atoms with van der Waals surface area (Å²) in [5.74, 6) is 2.41. The highest BCUT2D eigenvalue weighted by Crippen LogP contribution is 2.29. The molecule has 0 saturated carbocycles. The first-order valence-corrected chi connectivity index (χ1v) is 6.86. The normalized spacial score (nSPS) is 10.4. The fourth-order valence-electron chi connectivity index (χ4n) is 1.86. The van der Waals surface area contributed by atoms with Crippen LogP contribution in [0.5, 0.6) is 0 Å². The predicted octanol–water partition coefficient (Wildman–Crippen LogP) is 3.95. The highest BCUT2D eigenvalue weighted by atomic mass is 79.9. The van der Waals surface area contributed by atoms with E-state index in [2.05, 4.69) is 55.6 Å². The van der Waals surface area contributed by atoms with Crippen molar-refractivity contribution in [2.75, 3.05) is 17.7 Å². The van der Waals surface area contributed by atoms with Crippen LogP contribution in [-0.2, 0) is 0 Å². The number of rotatable bonds is 3. The van der Waals surface area contributed by atoms with Crippen molar-refractivity contribution in [1.29, 1.82) is 0 Å². The molecule has 1 aromatic heterocycles. The van der Waals surface area contributed by atoms with Crippen molar-refractivity contribution in [3.8, 4) is 0 Å². The summed E-state index contributed by atoms with van der Waals surface area (Å²) < 4.78 is 1.01. The van der Waals surface area contributed by atoms with E-state index in [1.165, 1.54) is 5.56 Å². The average molecular weight is 321 g/mol. The van der Waals surface area contributed by atoms with E-state index >= 15 is 0 Å². The lowest BCUT2D eigenvalue weighted by Crippen LogP contribution is -2.05. The lowest BCUT2D eigenvalue weighted by atomic mass is 10.2. The summed E-state index contributed by atoms with van der Waals surface area (Å²) >= 11 is 3.55. The van der Waals surface area contributed by atoms with Crippen molar-refractivity contribution >= 4 is 33.3 Å². The second kappa shape index (κ2) is 5.57. The summed E-state index contributed by atoms with van der Waals surface area (Å²) in [6.45, 7) is 5.95. The summed E-state index contributed by atoms with van der Waals surface area (Å²) in [6, 6.07) is 6.17. The number of anilines is 3. The van der Waals surface area contributed by atoms with Gasteiger partial charge < -0.3 is 10.6 Å². The molecular weight excluding hydrogens is 304 g/mol. The molecule has 0 saturated heterocycles. The Labute approximate surface area is 121 Å². The van der Waals surface area contributed by atoms with Gasteiger partial charge in [-0.05, 0) is 54.4 Å². The van der Waals surface area contributed by atoms with Crippen molar-refractivity contribution < 1.29 is 0 Å². The minimum Gasteiger partial charge on any atom is -0.373 e. The number of aryl methyl sites for hydroxylation is 2. The third kappa shape index (κ3) is 3.04. The van der Waals surface area contributed by atoms with E-state index in [1.807, 2.05) is 27.0 Å². The number of aromatic nitrogens is 2. The predicted molar refractivity (Wildman–Crippen MR) is 83.2 cm³/mol. The molecule has 0 aliphatic carbocycles. The topological polar surface area (TPSA) is 49.8 Å². The Morgan fingerprint density at radius 1 is 1.05 bits per heavy atom. The van der Waals surface area contributed by atoms with Crippen LogP contribution >= 0.6 is 15.9 Å². The zero-order chi connectivity index (χ0) is 14.0. The van der Waals surface area contributed by atoms with Crippen molar-refractivity contribution in [3.05, 3.63) is 39.6 Å². The zero-order valence-corrected chi connectivity index (χ0v) is 13.1. The maximum Gasteiger partial charge on any atom is 0.139 e. The fraction of sp³-hybridized carbons (Fsp3) is 0.286. The molecule has 0 unspecified atom stereocenters. The Morgan fingerprint density at radius 2 is 1.74 bits per heavy atom. The van der Waals surface area contributed by atoms with E-state index in [1.54, 1.807) is 0 Å². The van der Waals surface area contributed by atoms with E-state index in [-0.39, 0.29) is 0 Å². The second-order valence-electron chi connectivity index (χ2n) is 4.45. The van der Waals surface area contributed by atoms with Crippen LogP contribution in [0.25, 0.3) is 0 Å². The van der Waals surface area contributed by atoms with Gasteiger partial charge in [-0.3, -0.25) is 0 Å². The van der Waals surface area contributed by atoms with Crippen LogP contribution in [0.4, 0.5) is 17.3 Å². The molecule has 0 fully saturated rings. The Hall–Kier alpha value is -1.62. The Bertz CT molecular complexity index is 611. The van der Waals surface area contributed by atoms with E-state index < -0.39 is 0 Å². The fourth-order valence-corrected chi connectivity index (χ4v) is 2.20. The summed E-state index contributed by atoms with van der Waals surface area (Å²) in [5.41, 5.74) is 3.20. The molecule has 0 aliphatic heterocycles. The SMILES string of the molecule is CNc1nc(C)nc(Nc2cc(C)ccc2Br)c1C. The molecule has 5 heteroatoms. The third-order valence-corrected chi connectivity index (χ3v) is 3.56. The van der Waals surface area contributed by atoms with Gasteiger partial charge in [0.1, 0.15) is 17.5 Å². The monoisotopic (exact) mass is 320 g/mol. The van der Waals surface area contributed by atoms with Crippen LogP contribution in [0.1, 0.15) is 17.0 Å². The molecule has 2 N–H and O–H groups in total. The highest BCUT2D eigenvalue weighted by Gasteiger charge is 2.09. The van der Waals surface area contributed by atoms with Gasteiger partial charge in [0.05, 0.1) is 5.69 Å². The van der Waals surface area contributed by atoms with Crippen molar-refractivity contribution in [1.82, 2.24) is 9.97 Å². The molecule has 4 nitrogen and oxygen atoms in total. The van der Waals surface area contributed by atoms with Gasteiger partial charge in [0.2, 0.25) is 0 Å². The van der Waals surface area contributed by atoms with Crippen molar-refractivity contribution in [3.63, 3.8) is 0 Å². The lowest BCUT2D eigenvalue weighted by Gasteiger charge is -2.14. The molecule has 0 spiro atoms. The van der Waals surface area contributed by atoms with Gasteiger partial charge in [-0.2, -0.15) is 0 Å². The quantitative estimate of drug-likeness (QED) is 0.899. The number of halogens is 1. The number of hydrogen-bond donors (Lipinski definition) is 2. The van der Waals surface area contributed by atoms with Crippen LogP contribution in [0.2, 0.25) is 0 Å². The minimum absolute atomic E-state index is 0.737. The minimum atomic E-state index is 0.737. The first kappa shape index (κ1) is 13.8. The molecule has 0 atom stereocenters. The highest BCUT2D eigenvalue weighted by molar-refractivity contribution is 9.10. The van der Waals surface area contributed by atoms with Gasteiger partial charge in [0.15, 0.2) is 0 Å². The van der Waals surface area contributed by atoms with Gasteiger partial charge in [-0.15, -0.1) is 0 Å². The first-order valence-electron chi connectivity index (χ1n) is 6.07. The van der Waals surface area contributed by atoms with Gasteiger partial charge in [-0.25, -0.2) is 9.97 Å². The molecule has 1 heterocycles. The average Bonchev–Trinajstić information content (AvgIpc) is 2.37. The molecule has 0 bridgehead atoms. The molecule has 0 aliphatic rings. The summed E-state index contributed by atoms with van der Waals surface area (Å²) in [6.07, 6.45) is 0. The van der Waals surface area contributed by atoms with E-state index in [0.717, 1.165) is 33.2 Å². The molecule has 0 radical (unpaired) electrons. The molecule has 100 valence electrons. The molecule has 1 aromatic carbocycles. The summed E-state index contributed by atoms with van der Waals surface area (Å²) in [4.78, 5) is 8.82. The second-order valence-corrected chi connectivity index (χ2v) is 5.31. The van der Waals surface area contributed by atoms with Crippen LogP contribution in [0.3, 0.4) is 0 Å². The Morgan fingerprint density at radius 3 is 2.42 bits per heavy atom. The van der Waals surface area contributed by atoms with E-state index in [9.17, 15) is 0 Å². The van der Waals surface area contributed by atoms with Crippen LogP contribution < -0.4 is 10.6 Å². The third-order valence-electron chi connectivity index (χ3n) is 2.87. The molecule has 0 amide bonds. The molecular formula is C14H17BrN4. The first-order chi connectivity index (χ1) is 9.01. The van der Waals surface area contributed by atoms with Crippen LogP contribution in [0.15, 0.2) is 22.7 Å². The number of hydrogen-bond acceptors (Lipinski definition) is 4. The smallest absolute Gasteiger partial charge is 0.139 e. The van der Waals surface area contributed by atoms with Gasteiger partial charge >= 0.3 is 0 Å². The van der Waals surface area contributed by atoms with Crippen molar-refractivity contribution in [2.45, 2.75) is 20.8 Å². The zero-order valence-electron chi connectivity index (χ0n) is 11.5. The van der Waals surface area contributed by atoms with E-state index in [0.29, 0.717) is 0 Å². The molecule has 2 aromatic rings. The van der Waals surface area contributed by atoms with E-state index in [4.69, 9.17) is 0 Å². The van der Waals surface area contributed by atoms with Gasteiger partial charge in [-0.1, -0.05) is 6.07 Å². The number of nitrogens with one attached hydrogen (secondary N) is 2. The summed E-state index contributed by atoms with van der Waals surface area (Å²) in [5, 5.41) is 6.44. The number of benzene rings is 1. The Kier molecular flexibility index (Phi) is 4.04.